The zero-order chi connectivity index (χ0) is 38.2. The molecule has 2 aromatic carbocycles. The molecule has 0 N–H and O–H groups in total. The highest BCUT2D eigenvalue weighted by atomic mass is 35.5. The van der Waals surface area contributed by atoms with Crippen molar-refractivity contribution in [2.75, 3.05) is 30.3 Å². The van der Waals surface area contributed by atoms with Crippen molar-refractivity contribution in [3.63, 3.8) is 0 Å². The van der Waals surface area contributed by atoms with Crippen molar-refractivity contribution in [3.05, 3.63) is 75.5 Å². The van der Waals surface area contributed by atoms with Crippen molar-refractivity contribution in [2.24, 2.45) is 5.92 Å². The van der Waals surface area contributed by atoms with E-state index in [9.17, 15) is 31.9 Å². The summed E-state index contributed by atoms with van der Waals surface area (Å²) in [7, 11) is 1.29. The van der Waals surface area contributed by atoms with Crippen molar-refractivity contribution in [1.29, 1.82) is 0 Å². The van der Waals surface area contributed by atoms with Gasteiger partial charge in [-0.05, 0) is 81.0 Å². The standard InChI is InChI=1S/C34H36Cl2F2N2O10S2/c1-34(2,3)50-30(41)16-40(52(44)45)25-11-21(8-9-26(25)46-4)32(43)51-18-31(42)48-28(13-22-23(35)14-39-15-24(22)36)20-7-10-27(49-33(37)38)29(12-20)47-17-19-5-6-19/h7-12,14-15,19,28,33H,5-6,13,16-18H2,1-4H3,(H,44,45)/p-1/t28-/m0/s1. The van der Waals surface area contributed by atoms with Crippen LogP contribution in [0.4, 0.5) is 14.5 Å². The zero-order valence-corrected chi connectivity index (χ0v) is 31.5. The molecule has 4 rings (SSSR count). The van der Waals surface area contributed by atoms with Gasteiger partial charge in [0.05, 0.1) is 35.2 Å². The fraction of sp³-hybridized carbons (Fsp3) is 0.412. The van der Waals surface area contributed by atoms with E-state index in [1.807, 2.05) is 0 Å². The summed E-state index contributed by atoms with van der Waals surface area (Å²) in [6.07, 6.45) is 3.48. The molecular weight excluding hydrogens is 769 g/mol. The Labute approximate surface area is 315 Å². The molecule has 282 valence electrons. The van der Waals surface area contributed by atoms with Crippen LogP contribution in [0.1, 0.15) is 61.2 Å². The van der Waals surface area contributed by atoms with Gasteiger partial charge in [-0.25, -0.2) is 0 Å². The van der Waals surface area contributed by atoms with Gasteiger partial charge >= 0.3 is 18.6 Å². The van der Waals surface area contributed by atoms with E-state index in [2.05, 4.69) is 9.72 Å². The van der Waals surface area contributed by atoms with Gasteiger partial charge in [-0.2, -0.15) is 8.78 Å². The lowest BCUT2D eigenvalue weighted by Gasteiger charge is -2.29. The van der Waals surface area contributed by atoms with Crippen LogP contribution >= 0.6 is 35.0 Å². The van der Waals surface area contributed by atoms with Crippen LogP contribution in [0, 0.1) is 5.92 Å². The van der Waals surface area contributed by atoms with E-state index in [0.29, 0.717) is 27.2 Å². The minimum atomic E-state index is -3.11. The van der Waals surface area contributed by atoms with Crippen LogP contribution in [0.5, 0.6) is 17.2 Å². The fourth-order valence-corrected chi connectivity index (χ4v) is 6.33. The van der Waals surface area contributed by atoms with Gasteiger partial charge in [0.2, 0.25) is 5.12 Å². The van der Waals surface area contributed by atoms with E-state index in [-0.39, 0.29) is 57.5 Å². The second-order valence-electron chi connectivity index (χ2n) is 12.4. The van der Waals surface area contributed by atoms with Crippen molar-refractivity contribution < 1.29 is 55.6 Å². The Hall–Kier alpha value is -3.70. The summed E-state index contributed by atoms with van der Waals surface area (Å²) < 4.78 is 78.1. The smallest absolute Gasteiger partial charge is 0.387 e. The highest BCUT2D eigenvalue weighted by Crippen LogP contribution is 2.38. The summed E-state index contributed by atoms with van der Waals surface area (Å²) in [6.45, 7) is 1.35. The molecular formula is C34H35Cl2F2N2O10S2-. The number of alkyl halides is 2. The highest BCUT2D eigenvalue weighted by Gasteiger charge is 2.27. The number of nitrogens with zero attached hydrogens (tertiary/aromatic N) is 2. The highest BCUT2D eigenvalue weighted by molar-refractivity contribution is 8.14. The average molecular weight is 805 g/mol. The Kier molecular flexibility index (Phi) is 14.5. The summed E-state index contributed by atoms with van der Waals surface area (Å²) in [5, 5.41) is -0.247. The first kappa shape index (κ1) is 41.1. The quantitative estimate of drug-likeness (QED) is 0.101. The molecule has 3 aromatic rings. The molecule has 1 heterocycles. The van der Waals surface area contributed by atoms with Crippen molar-refractivity contribution in [3.8, 4) is 17.2 Å². The lowest BCUT2D eigenvalue weighted by Crippen LogP contribution is -2.36. The van der Waals surface area contributed by atoms with Crippen LogP contribution in [-0.4, -0.2) is 69.0 Å². The maximum atomic E-state index is 13.3. The van der Waals surface area contributed by atoms with Crippen molar-refractivity contribution >= 4 is 69.0 Å². The van der Waals surface area contributed by atoms with E-state index in [1.165, 1.54) is 55.9 Å². The molecule has 1 aromatic heterocycles. The molecule has 1 unspecified atom stereocenters. The molecule has 1 saturated carbocycles. The number of esters is 2. The van der Waals surface area contributed by atoms with E-state index < -0.39 is 58.9 Å². The molecule has 0 aliphatic heterocycles. The summed E-state index contributed by atoms with van der Waals surface area (Å²) in [4.78, 5) is 42.9. The third kappa shape index (κ3) is 12.2. The second kappa shape index (κ2) is 18.4. The van der Waals surface area contributed by atoms with Crippen LogP contribution < -0.4 is 18.5 Å². The molecule has 1 aliphatic rings. The predicted molar refractivity (Wildman–Crippen MR) is 190 cm³/mol. The second-order valence-corrected chi connectivity index (χ2v) is 15.0. The molecule has 1 fully saturated rings. The van der Waals surface area contributed by atoms with E-state index in [1.54, 1.807) is 20.8 Å². The Morgan fingerprint density at radius 3 is 2.31 bits per heavy atom. The van der Waals surface area contributed by atoms with Gasteiger partial charge in [-0.15, -0.1) is 0 Å². The fourth-order valence-electron chi connectivity index (χ4n) is 4.69. The summed E-state index contributed by atoms with van der Waals surface area (Å²) in [5.41, 5.74) is -0.260. The normalized spacial score (nSPS) is 14.0. The number of carbonyl (C=O) groups is 3. The van der Waals surface area contributed by atoms with Gasteiger partial charge in [-0.1, -0.05) is 41.0 Å². The minimum Gasteiger partial charge on any atom is -0.755 e. The topological polar surface area (TPSA) is 154 Å². The first-order valence-corrected chi connectivity index (χ1v) is 18.4. The van der Waals surface area contributed by atoms with Gasteiger partial charge < -0.3 is 28.2 Å². The van der Waals surface area contributed by atoms with Crippen molar-refractivity contribution in [1.82, 2.24) is 4.98 Å². The van der Waals surface area contributed by atoms with Gasteiger partial charge in [0.15, 0.2) is 11.5 Å². The lowest BCUT2D eigenvalue weighted by molar-refractivity contribution is -0.152. The Balaban J connectivity index is 1.54. The number of rotatable bonds is 17. The molecule has 1 aliphatic carbocycles. The van der Waals surface area contributed by atoms with Gasteiger partial charge in [-0.3, -0.25) is 27.9 Å². The third-order valence-electron chi connectivity index (χ3n) is 7.22. The summed E-state index contributed by atoms with van der Waals surface area (Å²) in [5.74, 6) is -1.99. The van der Waals surface area contributed by atoms with Crippen molar-refractivity contribution in [2.45, 2.75) is 58.4 Å². The van der Waals surface area contributed by atoms with E-state index in [0.717, 1.165) is 12.8 Å². The molecule has 0 saturated heterocycles. The number of hydrogen-bond acceptors (Lipinski definition) is 12. The average Bonchev–Trinajstić information content (AvgIpc) is 3.90. The molecule has 12 nitrogen and oxygen atoms in total. The number of benzene rings is 2. The van der Waals surface area contributed by atoms with Gasteiger partial charge in [0.25, 0.3) is 0 Å². The van der Waals surface area contributed by atoms with Crippen LogP contribution in [0.2, 0.25) is 10.0 Å². The molecule has 0 amide bonds. The Bertz CT molecular complexity index is 1770. The maximum absolute atomic E-state index is 13.3. The van der Waals surface area contributed by atoms with Crippen LogP contribution in [0.25, 0.3) is 0 Å². The van der Waals surface area contributed by atoms with E-state index in [4.69, 9.17) is 42.1 Å². The number of anilines is 1. The number of aromatic nitrogens is 1. The first-order valence-electron chi connectivity index (χ1n) is 15.7. The molecule has 0 spiro atoms. The van der Waals surface area contributed by atoms with Gasteiger partial charge in [0.1, 0.15) is 24.0 Å². The largest absolute Gasteiger partial charge is 0.755 e. The number of thioether (sulfide) groups is 1. The van der Waals surface area contributed by atoms with E-state index >= 15 is 0 Å². The van der Waals surface area contributed by atoms with Crippen LogP contribution in [-0.2, 0) is 36.8 Å². The maximum Gasteiger partial charge on any atom is 0.387 e. The minimum absolute atomic E-state index is 0.00721. The number of ether oxygens (including phenoxy) is 5. The van der Waals surface area contributed by atoms with Gasteiger partial charge in [0, 0.05) is 35.6 Å². The van der Waals surface area contributed by atoms with Crippen LogP contribution in [0.3, 0.4) is 0 Å². The molecule has 52 heavy (non-hydrogen) atoms. The monoisotopic (exact) mass is 803 g/mol. The first-order chi connectivity index (χ1) is 24.5. The third-order valence-corrected chi connectivity index (χ3v) is 9.43. The molecule has 2 atom stereocenters. The number of carbonyl (C=O) groups excluding carboxylic acids is 3. The number of halogens is 4. The van der Waals surface area contributed by atoms with Crippen LogP contribution in [0.15, 0.2) is 48.8 Å². The Morgan fingerprint density at radius 2 is 1.71 bits per heavy atom. The number of hydrogen-bond donors (Lipinski definition) is 0. The Morgan fingerprint density at radius 1 is 1.04 bits per heavy atom. The SMILES string of the molecule is COc1ccc(C(=O)SCC(=O)O[C@@H](Cc2c(Cl)cncc2Cl)c2ccc(OC(F)F)c(OCC3CC3)c2)cc1N(CC(=O)OC(C)(C)C)S(=O)[O-]. The lowest BCUT2D eigenvalue weighted by atomic mass is 10.0. The summed E-state index contributed by atoms with van der Waals surface area (Å²) in [6, 6.07) is 8.07. The zero-order valence-electron chi connectivity index (χ0n) is 28.4. The predicted octanol–water partition coefficient (Wildman–Crippen LogP) is 7.13. The molecule has 18 heteroatoms. The molecule has 0 bridgehead atoms. The molecule has 0 radical (unpaired) electrons. The number of methoxy groups -OCH3 is 1. The summed E-state index contributed by atoms with van der Waals surface area (Å²) >= 11 is 10.3. The number of pyridine rings is 1.